The van der Waals surface area contributed by atoms with Crippen LogP contribution in [0.25, 0.3) is 0 Å². The fourth-order valence-electron chi connectivity index (χ4n) is 5.04. The van der Waals surface area contributed by atoms with Gasteiger partial charge in [0.25, 0.3) is 0 Å². The van der Waals surface area contributed by atoms with E-state index in [0.717, 1.165) is 10.5 Å². The number of rotatable bonds is 18. The fraction of sp³-hybridized carbons (Fsp3) is 0.800. The lowest BCUT2D eigenvalue weighted by Gasteiger charge is -2.21. The van der Waals surface area contributed by atoms with Crippen molar-refractivity contribution in [2.24, 2.45) is 0 Å². The second-order valence-electron chi connectivity index (χ2n) is 10.8. The molecule has 216 valence electrons. The van der Waals surface area contributed by atoms with Gasteiger partial charge in [-0.05, 0) is 12.8 Å². The molecule has 0 aromatic rings. The third-order valence-electron chi connectivity index (χ3n) is 7.35. The van der Waals surface area contributed by atoms with Crippen LogP contribution >= 0.6 is 94.1 Å². The van der Waals surface area contributed by atoms with Crippen molar-refractivity contribution in [1.29, 1.82) is 0 Å². The average molecular weight is 665 g/mol. The Balaban J connectivity index is 1.10. The van der Waals surface area contributed by atoms with Gasteiger partial charge >= 0.3 is 0 Å². The molecule has 38 heavy (non-hydrogen) atoms. The second kappa shape index (κ2) is 19.3. The highest BCUT2D eigenvalue weighted by atomic mass is 32.3. The quantitative estimate of drug-likeness (QED) is 0.131. The molecule has 4 rings (SSSR count). The molecular formula is C30H48S8. The van der Waals surface area contributed by atoms with Crippen LogP contribution in [0.2, 0.25) is 0 Å². The van der Waals surface area contributed by atoms with Gasteiger partial charge in [0, 0.05) is 22.0 Å². The summed E-state index contributed by atoms with van der Waals surface area (Å²) in [6.45, 7) is 4.62. The van der Waals surface area contributed by atoms with Crippen LogP contribution in [0.15, 0.2) is 25.4 Å². The Morgan fingerprint density at radius 1 is 0.421 bits per heavy atom. The predicted molar refractivity (Wildman–Crippen MR) is 194 cm³/mol. The van der Waals surface area contributed by atoms with Crippen molar-refractivity contribution in [2.75, 3.05) is 11.5 Å². The Hall–Kier alpha value is 2.02. The van der Waals surface area contributed by atoms with Gasteiger partial charge in [0.15, 0.2) is 0 Å². The molecule has 2 unspecified atom stereocenters. The molecule has 8 heteroatoms. The van der Waals surface area contributed by atoms with E-state index in [9.17, 15) is 0 Å². The lowest BCUT2D eigenvalue weighted by atomic mass is 10.1. The zero-order valence-electron chi connectivity index (χ0n) is 23.6. The van der Waals surface area contributed by atoms with E-state index in [1.54, 1.807) is 25.4 Å². The standard InChI is InChI=1S/C30H48S8/c1-3-5-7-9-11-13-15-17-19-23-21-31-25-27(33-23)37-29(35-25)30-36-26-28(38-30)34-24(22-32-26)20-18-16-14-12-10-8-6-4-2/h23-24H,3-22H2,1-2H3/b30-29-. The van der Waals surface area contributed by atoms with Gasteiger partial charge in [-0.3, -0.25) is 0 Å². The SMILES string of the molecule is CCCCCCCCCCC1CSC2=C(S/C(=C3/SC4=C(S3)SC(CCCCCCCCCC)CS4)S2)S1. The van der Waals surface area contributed by atoms with Gasteiger partial charge in [0.1, 0.15) is 0 Å². The first-order chi connectivity index (χ1) is 18.8. The van der Waals surface area contributed by atoms with E-state index in [0.29, 0.717) is 0 Å². The van der Waals surface area contributed by atoms with Crippen LogP contribution in [0.5, 0.6) is 0 Å². The Morgan fingerprint density at radius 3 is 1.16 bits per heavy atom. The summed E-state index contributed by atoms with van der Waals surface area (Å²) in [7, 11) is 0. The first kappa shape index (κ1) is 32.9. The molecule has 0 aromatic heterocycles. The maximum Gasteiger partial charge on any atom is 0.0717 e. The summed E-state index contributed by atoms with van der Waals surface area (Å²) in [5, 5.41) is 1.66. The van der Waals surface area contributed by atoms with Crippen LogP contribution < -0.4 is 0 Å². The van der Waals surface area contributed by atoms with E-state index >= 15 is 0 Å². The summed E-state index contributed by atoms with van der Waals surface area (Å²) in [5.41, 5.74) is 0. The average Bonchev–Trinajstić information content (AvgIpc) is 3.55. The lowest BCUT2D eigenvalue weighted by molar-refractivity contribution is 0.565. The van der Waals surface area contributed by atoms with Gasteiger partial charge in [0.05, 0.1) is 25.4 Å². The largest absolute Gasteiger partial charge is 0.116 e. The molecule has 0 bridgehead atoms. The van der Waals surface area contributed by atoms with Crippen molar-refractivity contribution in [3.8, 4) is 0 Å². The third-order valence-corrected chi connectivity index (χ3v) is 20.1. The molecule has 0 amide bonds. The van der Waals surface area contributed by atoms with Crippen molar-refractivity contribution >= 4 is 94.1 Å². The number of hydrogen-bond acceptors (Lipinski definition) is 8. The Labute approximate surface area is 268 Å². The van der Waals surface area contributed by atoms with Crippen LogP contribution in [0.1, 0.15) is 129 Å². The summed E-state index contributed by atoms with van der Waals surface area (Å²) in [5.74, 6) is 2.63. The normalized spacial score (nSPS) is 25.4. The van der Waals surface area contributed by atoms with Crippen molar-refractivity contribution < 1.29 is 0 Å². The van der Waals surface area contributed by atoms with E-state index in [-0.39, 0.29) is 0 Å². The molecule has 0 spiro atoms. The zero-order chi connectivity index (χ0) is 26.4. The van der Waals surface area contributed by atoms with Gasteiger partial charge in [-0.1, -0.05) is 164 Å². The monoisotopic (exact) mass is 664 g/mol. The van der Waals surface area contributed by atoms with Crippen LogP contribution in [0.3, 0.4) is 0 Å². The molecule has 0 aromatic carbocycles. The van der Waals surface area contributed by atoms with E-state index < -0.39 is 0 Å². The van der Waals surface area contributed by atoms with Gasteiger partial charge in [-0.25, -0.2) is 0 Å². The first-order valence-electron chi connectivity index (χ1n) is 15.3. The number of unbranched alkanes of at least 4 members (excludes halogenated alkanes) is 14. The summed E-state index contributed by atoms with van der Waals surface area (Å²) >= 11 is 17.1. The minimum Gasteiger partial charge on any atom is -0.116 e. The fourth-order valence-corrected chi connectivity index (χ4v) is 18.3. The van der Waals surface area contributed by atoms with Crippen molar-refractivity contribution in [3.05, 3.63) is 25.4 Å². The molecule has 0 saturated carbocycles. The summed E-state index contributed by atoms with van der Waals surface area (Å²) < 4.78 is 9.61. The van der Waals surface area contributed by atoms with Crippen LogP contribution in [0, 0.1) is 0 Å². The number of hydrogen-bond donors (Lipinski definition) is 0. The molecular weight excluding hydrogens is 617 g/mol. The molecule has 4 aliphatic rings. The van der Waals surface area contributed by atoms with Gasteiger partial charge < -0.3 is 0 Å². The molecule has 0 fully saturated rings. The van der Waals surface area contributed by atoms with Gasteiger partial charge in [-0.2, -0.15) is 0 Å². The van der Waals surface area contributed by atoms with E-state index in [4.69, 9.17) is 0 Å². The minimum atomic E-state index is 0.828. The van der Waals surface area contributed by atoms with Gasteiger partial charge in [-0.15, -0.1) is 47.0 Å². The van der Waals surface area contributed by atoms with Crippen LogP contribution in [0.4, 0.5) is 0 Å². The molecule has 0 saturated heterocycles. The molecule has 0 nitrogen and oxygen atoms in total. The highest BCUT2D eigenvalue weighted by molar-refractivity contribution is 8.45. The van der Waals surface area contributed by atoms with Crippen molar-refractivity contribution in [3.63, 3.8) is 0 Å². The molecule has 0 radical (unpaired) electrons. The Bertz CT molecular complexity index is 751. The minimum absolute atomic E-state index is 0.828. The van der Waals surface area contributed by atoms with E-state index in [1.165, 1.54) is 127 Å². The van der Waals surface area contributed by atoms with Crippen LogP contribution in [-0.4, -0.2) is 22.0 Å². The maximum absolute atomic E-state index is 2.31. The molecule has 4 aliphatic heterocycles. The Morgan fingerprint density at radius 2 is 0.763 bits per heavy atom. The molecule has 2 atom stereocenters. The second-order valence-corrected chi connectivity index (χ2v) is 21.1. The molecule has 4 heterocycles. The Kier molecular flexibility index (Phi) is 16.7. The zero-order valence-corrected chi connectivity index (χ0v) is 30.1. The van der Waals surface area contributed by atoms with Gasteiger partial charge in [0.2, 0.25) is 0 Å². The van der Waals surface area contributed by atoms with E-state index in [1.807, 2.05) is 0 Å². The summed E-state index contributed by atoms with van der Waals surface area (Å²) in [6.07, 6.45) is 25.7. The first-order valence-corrected chi connectivity index (χ1v) is 22.3. The lowest BCUT2D eigenvalue weighted by Crippen LogP contribution is -2.09. The topological polar surface area (TPSA) is 0 Å². The summed E-state index contributed by atoms with van der Waals surface area (Å²) in [4.78, 5) is 0. The highest BCUT2D eigenvalue weighted by Gasteiger charge is 2.36. The predicted octanol–water partition coefficient (Wildman–Crippen LogP) is 14.1. The smallest absolute Gasteiger partial charge is 0.0717 e. The van der Waals surface area contributed by atoms with Crippen molar-refractivity contribution in [2.45, 2.75) is 140 Å². The highest BCUT2D eigenvalue weighted by Crippen LogP contribution is 2.69. The maximum atomic E-state index is 2.31. The summed E-state index contributed by atoms with van der Waals surface area (Å²) in [6, 6.07) is 0. The van der Waals surface area contributed by atoms with Crippen molar-refractivity contribution in [1.82, 2.24) is 0 Å². The van der Waals surface area contributed by atoms with E-state index in [2.05, 4.69) is 108 Å². The van der Waals surface area contributed by atoms with Crippen LogP contribution in [-0.2, 0) is 0 Å². The third kappa shape index (κ3) is 11.3. The molecule has 0 aliphatic carbocycles. The molecule has 0 N–H and O–H groups in total. The number of thioether (sulfide) groups is 8.